The molecule has 6 nitrogen and oxygen atoms in total. The summed E-state index contributed by atoms with van der Waals surface area (Å²) in [6, 6.07) is 1.83. The van der Waals surface area contributed by atoms with Gasteiger partial charge in [-0.15, -0.1) is 0 Å². The van der Waals surface area contributed by atoms with Gasteiger partial charge >= 0.3 is 0 Å². The standard InChI is InChI=1S/C15H23N5O/c1-12(2)9-14-18-13(10-15(19-14)21-3)17-5-4-7-20-8-6-16-11-20/h6,8,10-12H,4-5,7,9H2,1-3H3,(H,17,18,19). The minimum atomic E-state index is 0.520. The van der Waals surface area contributed by atoms with Crippen LogP contribution < -0.4 is 10.1 Å². The second-order valence-corrected chi connectivity index (χ2v) is 5.39. The Morgan fingerprint density at radius 2 is 2.19 bits per heavy atom. The summed E-state index contributed by atoms with van der Waals surface area (Å²) in [4.78, 5) is 12.9. The number of hydrogen-bond acceptors (Lipinski definition) is 5. The van der Waals surface area contributed by atoms with Crippen LogP contribution in [0.4, 0.5) is 5.82 Å². The maximum atomic E-state index is 5.24. The van der Waals surface area contributed by atoms with Gasteiger partial charge in [0, 0.05) is 38.0 Å². The van der Waals surface area contributed by atoms with Crippen LogP contribution in [0.3, 0.4) is 0 Å². The monoisotopic (exact) mass is 289 g/mol. The predicted molar refractivity (Wildman–Crippen MR) is 82.5 cm³/mol. The van der Waals surface area contributed by atoms with Gasteiger partial charge in [-0.25, -0.2) is 9.97 Å². The molecule has 0 spiro atoms. The zero-order valence-electron chi connectivity index (χ0n) is 12.9. The van der Waals surface area contributed by atoms with Crippen LogP contribution >= 0.6 is 0 Å². The lowest BCUT2D eigenvalue weighted by Crippen LogP contribution is -2.10. The average molecular weight is 289 g/mol. The van der Waals surface area contributed by atoms with Crippen LogP contribution in [0.25, 0.3) is 0 Å². The second kappa shape index (κ2) is 7.61. The Balaban J connectivity index is 1.89. The van der Waals surface area contributed by atoms with Gasteiger partial charge in [-0.05, 0) is 12.3 Å². The molecule has 0 aliphatic heterocycles. The number of imidazole rings is 1. The van der Waals surface area contributed by atoms with Crippen LogP contribution in [0.2, 0.25) is 0 Å². The quantitative estimate of drug-likeness (QED) is 0.756. The minimum absolute atomic E-state index is 0.520. The zero-order valence-corrected chi connectivity index (χ0v) is 12.9. The van der Waals surface area contributed by atoms with Crippen molar-refractivity contribution in [1.82, 2.24) is 19.5 Å². The highest BCUT2D eigenvalue weighted by atomic mass is 16.5. The van der Waals surface area contributed by atoms with Crippen molar-refractivity contribution in [3.8, 4) is 5.88 Å². The highest BCUT2D eigenvalue weighted by Crippen LogP contribution is 2.15. The van der Waals surface area contributed by atoms with Crippen LogP contribution in [0, 0.1) is 5.92 Å². The van der Waals surface area contributed by atoms with Gasteiger partial charge in [-0.2, -0.15) is 4.98 Å². The summed E-state index contributed by atoms with van der Waals surface area (Å²) in [5, 5.41) is 3.33. The molecule has 2 aromatic heterocycles. The van der Waals surface area contributed by atoms with E-state index in [2.05, 4.69) is 38.7 Å². The van der Waals surface area contributed by atoms with Crippen LogP contribution in [0.5, 0.6) is 5.88 Å². The second-order valence-electron chi connectivity index (χ2n) is 5.39. The third kappa shape index (κ3) is 5.06. The summed E-state index contributed by atoms with van der Waals surface area (Å²) >= 11 is 0. The molecule has 0 aliphatic carbocycles. The maximum absolute atomic E-state index is 5.24. The lowest BCUT2D eigenvalue weighted by atomic mass is 10.1. The van der Waals surface area contributed by atoms with Crippen LogP contribution in [-0.2, 0) is 13.0 Å². The van der Waals surface area contributed by atoms with Gasteiger partial charge in [0.1, 0.15) is 11.6 Å². The summed E-state index contributed by atoms with van der Waals surface area (Å²) in [7, 11) is 1.63. The first-order chi connectivity index (χ1) is 10.2. The van der Waals surface area contributed by atoms with E-state index in [0.29, 0.717) is 11.8 Å². The Morgan fingerprint density at radius 3 is 2.86 bits per heavy atom. The summed E-state index contributed by atoms with van der Waals surface area (Å²) in [5.41, 5.74) is 0. The Kier molecular flexibility index (Phi) is 5.54. The molecule has 0 amide bonds. The molecule has 6 heteroatoms. The van der Waals surface area contributed by atoms with Crippen molar-refractivity contribution < 1.29 is 4.74 Å². The molecule has 0 aliphatic rings. The number of anilines is 1. The Morgan fingerprint density at radius 1 is 1.33 bits per heavy atom. The number of nitrogens with zero attached hydrogens (tertiary/aromatic N) is 4. The molecule has 114 valence electrons. The fourth-order valence-electron chi connectivity index (χ4n) is 2.02. The van der Waals surface area contributed by atoms with E-state index in [1.54, 1.807) is 13.3 Å². The number of nitrogens with one attached hydrogen (secondary N) is 1. The topological polar surface area (TPSA) is 64.9 Å². The van der Waals surface area contributed by atoms with Crippen molar-refractivity contribution in [2.24, 2.45) is 5.92 Å². The average Bonchev–Trinajstić information content (AvgIpc) is 2.96. The van der Waals surface area contributed by atoms with Crippen molar-refractivity contribution in [2.75, 3.05) is 19.0 Å². The maximum Gasteiger partial charge on any atom is 0.218 e. The SMILES string of the molecule is COc1cc(NCCCn2ccnc2)nc(CC(C)C)n1. The predicted octanol–water partition coefficient (Wildman–Crippen LogP) is 2.38. The molecule has 2 rings (SSSR count). The van der Waals surface area contributed by atoms with E-state index in [-0.39, 0.29) is 0 Å². The van der Waals surface area contributed by atoms with E-state index in [4.69, 9.17) is 4.74 Å². The molecule has 0 fully saturated rings. The number of rotatable bonds is 8. The number of aryl methyl sites for hydroxylation is 1. The van der Waals surface area contributed by atoms with Crippen molar-refractivity contribution in [2.45, 2.75) is 33.2 Å². The van der Waals surface area contributed by atoms with E-state index in [1.165, 1.54) is 0 Å². The highest BCUT2D eigenvalue weighted by molar-refractivity contribution is 5.38. The van der Waals surface area contributed by atoms with Crippen LogP contribution in [0.15, 0.2) is 24.8 Å². The van der Waals surface area contributed by atoms with Gasteiger partial charge in [-0.1, -0.05) is 13.8 Å². The van der Waals surface area contributed by atoms with E-state index >= 15 is 0 Å². The van der Waals surface area contributed by atoms with Gasteiger partial charge in [0.15, 0.2) is 0 Å². The first-order valence-electron chi connectivity index (χ1n) is 7.29. The molecule has 2 aromatic rings. The first kappa shape index (κ1) is 15.3. The number of ether oxygens (including phenoxy) is 1. The smallest absolute Gasteiger partial charge is 0.218 e. The molecule has 0 bridgehead atoms. The number of methoxy groups -OCH3 is 1. The van der Waals surface area contributed by atoms with Gasteiger partial charge in [0.2, 0.25) is 5.88 Å². The minimum Gasteiger partial charge on any atom is -0.481 e. The Labute approximate surface area is 125 Å². The summed E-state index contributed by atoms with van der Waals surface area (Å²) in [6.45, 7) is 6.09. The van der Waals surface area contributed by atoms with Gasteiger partial charge < -0.3 is 14.6 Å². The Hall–Kier alpha value is -2.11. The molecular weight excluding hydrogens is 266 g/mol. The molecule has 0 atom stereocenters. The van der Waals surface area contributed by atoms with E-state index in [9.17, 15) is 0 Å². The third-order valence-corrected chi connectivity index (χ3v) is 3.01. The fraction of sp³-hybridized carbons (Fsp3) is 0.533. The van der Waals surface area contributed by atoms with Gasteiger partial charge in [0.25, 0.3) is 0 Å². The van der Waals surface area contributed by atoms with Gasteiger partial charge in [0.05, 0.1) is 13.4 Å². The van der Waals surface area contributed by atoms with E-state index in [1.807, 2.05) is 18.6 Å². The molecule has 0 aromatic carbocycles. The fourth-order valence-corrected chi connectivity index (χ4v) is 2.02. The number of aromatic nitrogens is 4. The molecule has 1 N–H and O–H groups in total. The van der Waals surface area contributed by atoms with Crippen molar-refractivity contribution >= 4 is 5.82 Å². The molecule has 0 saturated heterocycles. The van der Waals surface area contributed by atoms with Gasteiger partial charge in [-0.3, -0.25) is 0 Å². The zero-order chi connectivity index (χ0) is 15.1. The normalized spacial score (nSPS) is 10.9. The van der Waals surface area contributed by atoms with Crippen LogP contribution in [-0.4, -0.2) is 33.2 Å². The van der Waals surface area contributed by atoms with E-state index < -0.39 is 0 Å². The molecular formula is C15H23N5O. The molecule has 0 unspecified atom stereocenters. The third-order valence-electron chi connectivity index (χ3n) is 3.01. The Bertz CT molecular complexity index is 539. The largest absolute Gasteiger partial charge is 0.481 e. The van der Waals surface area contributed by atoms with Crippen LogP contribution in [0.1, 0.15) is 26.1 Å². The first-order valence-corrected chi connectivity index (χ1v) is 7.29. The summed E-state index contributed by atoms with van der Waals surface area (Å²) < 4.78 is 7.30. The highest BCUT2D eigenvalue weighted by Gasteiger charge is 2.06. The molecule has 0 radical (unpaired) electrons. The lowest BCUT2D eigenvalue weighted by Gasteiger charge is -2.10. The van der Waals surface area contributed by atoms with Crippen molar-refractivity contribution in [1.29, 1.82) is 0 Å². The van der Waals surface area contributed by atoms with Crippen molar-refractivity contribution in [3.63, 3.8) is 0 Å². The lowest BCUT2D eigenvalue weighted by molar-refractivity contribution is 0.394. The molecule has 21 heavy (non-hydrogen) atoms. The molecule has 0 saturated carbocycles. The van der Waals surface area contributed by atoms with E-state index in [0.717, 1.165) is 37.6 Å². The summed E-state index contributed by atoms with van der Waals surface area (Å²) in [5.74, 6) is 2.77. The number of hydrogen-bond donors (Lipinski definition) is 1. The summed E-state index contributed by atoms with van der Waals surface area (Å²) in [6.07, 6.45) is 7.44. The molecule has 2 heterocycles. The van der Waals surface area contributed by atoms with Crippen molar-refractivity contribution in [3.05, 3.63) is 30.6 Å².